The van der Waals surface area contributed by atoms with Gasteiger partial charge in [0.25, 0.3) is 5.69 Å². The topological polar surface area (TPSA) is 43.1 Å². The number of nitro benzene ring substituents is 1. The van der Waals surface area contributed by atoms with E-state index in [1.54, 1.807) is 6.07 Å². The van der Waals surface area contributed by atoms with Crippen molar-refractivity contribution in [3.8, 4) is 0 Å². The van der Waals surface area contributed by atoms with Gasteiger partial charge in [-0.15, -0.1) is 0 Å². The van der Waals surface area contributed by atoms with E-state index in [0.29, 0.717) is 5.56 Å². The standard InChI is InChI=1S/C10H9Cl2NO2/c11-10(12)9-7-3-1-2-6(7)4-5-8(9)13(14)15/h4-5,10H,1-3H2. The van der Waals surface area contributed by atoms with Gasteiger partial charge in [0.2, 0.25) is 0 Å². The lowest BCUT2D eigenvalue weighted by molar-refractivity contribution is -0.385. The summed E-state index contributed by atoms with van der Waals surface area (Å²) in [6.45, 7) is 0. The highest BCUT2D eigenvalue weighted by Crippen LogP contribution is 2.40. The number of hydrogen-bond acceptors (Lipinski definition) is 2. The molecule has 2 rings (SSSR count). The Morgan fingerprint density at radius 1 is 1.33 bits per heavy atom. The SMILES string of the molecule is O=[N+]([O-])c1ccc2c(c1C(Cl)Cl)CCC2. The average Bonchev–Trinajstić information content (AvgIpc) is 2.62. The molecule has 0 heterocycles. The minimum Gasteiger partial charge on any atom is -0.258 e. The number of aryl methyl sites for hydroxylation is 1. The third kappa shape index (κ3) is 1.82. The summed E-state index contributed by atoms with van der Waals surface area (Å²) in [4.78, 5) is 9.57. The van der Waals surface area contributed by atoms with Crippen LogP contribution in [0.25, 0.3) is 0 Å². The molecule has 0 atom stereocenters. The van der Waals surface area contributed by atoms with E-state index in [-0.39, 0.29) is 5.69 Å². The molecule has 5 heteroatoms. The molecule has 3 nitrogen and oxygen atoms in total. The van der Waals surface area contributed by atoms with Gasteiger partial charge in [0.15, 0.2) is 0 Å². The van der Waals surface area contributed by atoms with Crippen LogP contribution in [0.2, 0.25) is 0 Å². The van der Waals surface area contributed by atoms with E-state index in [1.165, 1.54) is 6.07 Å². The molecule has 0 unspecified atom stereocenters. The molecule has 0 aromatic heterocycles. The van der Waals surface area contributed by atoms with Crippen molar-refractivity contribution in [3.05, 3.63) is 38.9 Å². The quantitative estimate of drug-likeness (QED) is 0.455. The Morgan fingerprint density at radius 3 is 2.67 bits per heavy atom. The van der Waals surface area contributed by atoms with Gasteiger partial charge < -0.3 is 0 Å². The molecule has 80 valence electrons. The Kier molecular flexibility index (Phi) is 2.85. The highest BCUT2D eigenvalue weighted by atomic mass is 35.5. The van der Waals surface area contributed by atoms with Crippen LogP contribution in [0, 0.1) is 10.1 Å². The largest absolute Gasteiger partial charge is 0.275 e. The second-order valence-electron chi connectivity index (χ2n) is 3.55. The third-order valence-electron chi connectivity index (χ3n) is 2.72. The van der Waals surface area contributed by atoms with Crippen molar-refractivity contribution in [2.45, 2.75) is 24.1 Å². The number of nitrogens with zero attached hydrogens (tertiary/aromatic N) is 1. The van der Waals surface area contributed by atoms with Crippen molar-refractivity contribution in [1.82, 2.24) is 0 Å². The summed E-state index contributed by atoms with van der Waals surface area (Å²) < 4.78 is 0. The maximum absolute atomic E-state index is 10.8. The van der Waals surface area contributed by atoms with E-state index in [9.17, 15) is 10.1 Å². The molecule has 0 saturated carbocycles. The van der Waals surface area contributed by atoms with Crippen LogP contribution >= 0.6 is 23.2 Å². The molecule has 1 aliphatic rings. The molecular weight excluding hydrogens is 237 g/mol. The molecule has 1 aliphatic carbocycles. The Bertz CT molecular complexity index is 418. The van der Waals surface area contributed by atoms with Crippen molar-refractivity contribution in [2.24, 2.45) is 0 Å². The predicted molar refractivity (Wildman–Crippen MR) is 59.6 cm³/mol. The minimum absolute atomic E-state index is 0.0330. The molecule has 0 amide bonds. The van der Waals surface area contributed by atoms with Gasteiger partial charge in [-0.1, -0.05) is 29.3 Å². The Labute approximate surface area is 97.1 Å². The van der Waals surface area contributed by atoms with Gasteiger partial charge >= 0.3 is 0 Å². The first-order valence-corrected chi connectivity index (χ1v) is 5.55. The van der Waals surface area contributed by atoms with Gasteiger partial charge in [-0.25, -0.2) is 0 Å². The number of halogens is 2. The maximum atomic E-state index is 10.8. The lowest BCUT2D eigenvalue weighted by atomic mass is 10.0. The molecule has 0 radical (unpaired) electrons. The first kappa shape index (κ1) is 10.7. The second kappa shape index (κ2) is 3.99. The molecule has 15 heavy (non-hydrogen) atoms. The number of benzene rings is 1. The summed E-state index contributed by atoms with van der Waals surface area (Å²) in [7, 11) is 0. The summed E-state index contributed by atoms with van der Waals surface area (Å²) in [6.07, 6.45) is 2.81. The van der Waals surface area contributed by atoms with Crippen LogP contribution in [0.1, 0.15) is 27.9 Å². The number of alkyl halides is 2. The van der Waals surface area contributed by atoms with Crippen molar-refractivity contribution in [1.29, 1.82) is 0 Å². The van der Waals surface area contributed by atoms with E-state index in [2.05, 4.69) is 0 Å². The fourth-order valence-electron chi connectivity index (χ4n) is 2.09. The molecule has 0 bridgehead atoms. The number of hydrogen-bond donors (Lipinski definition) is 0. The molecular formula is C10H9Cl2NO2. The van der Waals surface area contributed by atoms with Crippen LogP contribution in [0.5, 0.6) is 0 Å². The highest BCUT2D eigenvalue weighted by Gasteiger charge is 2.27. The zero-order valence-corrected chi connectivity index (χ0v) is 9.38. The smallest absolute Gasteiger partial charge is 0.258 e. The van der Waals surface area contributed by atoms with Crippen LogP contribution in [-0.4, -0.2) is 4.92 Å². The Morgan fingerprint density at radius 2 is 2.07 bits per heavy atom. The van der Waals surface area contributed by atoms with Gasteiger partial charge in [-0.05, 0) is 30.4 Å². The van der Waals surface area contributed by atoms with Gasteiger partial charge in [-0.2, -0.15) is 0 Å². The van der Waals surface area contributed by atoms with Crippen molar-refractivity contribution < 1.29 is 4.92 Å². The van der Waals surface area contributed by atoms with E-state index in [0.717, 1.165) is 30.4 Å². The van der Waals surface area contributed by atoms with Gasteiger partial charge in [0.1, 0.15) is 4.84 Å². The number of rotatable bonds is 2. The third-order valence-corrected chi connectivity index (χ3v) is 3.16. The van der Waals surface area contributed by atoms with Crippen LogP contribution in [0.15, 0.2) is 12.1 Å². The molecule has 1 aromatic rings. The van der Waals surface area contributed by atoms with Crippen molar-refractivity contribution in [3.63, 3.8) is 0 Å². The minimum atomic E-state index is -0.821. The van der Waals surface area contributed by atoms with E-state index in [1.807, 2.05) is 0 Å². The Hall–Kier alpha value is -0.800. The van der Waals surface area contributed by atoms with E-state index in [4.69, 9.17) is 23.2 Å². The summed E-state index contributed by atoms with van der Waals surface area (Å²) in [5, 5.41) is 10.8. The first-order valence-electron chi connectivity index (χ1n) is 4.68. The number of nitro groups is 1. The van der Waals surface area contributed by atoms with E-state index >= 15 is 0 Å². The molecule has 0 saturated heterocycles. The van der Waals surface area contributed by atoms with Gasteiger partial charge in [0.05, 0.1) is 10.5 Å². The number of fused-ring (bicyclic) bond motifs is 1. The molecule has 0 aliphatic heterocycles. The molecule has 0 fully saturated rings. The normalized spacial score (nSPS) is 14.3. The molecule has 0 N–H and O–H groups in total. The monoisotopic (exact) mass is 245 g/mol. The molecule has 1 aromatic carbocycles. The predicted octanol–water partition coefficient (Wildman–Crippen LogP) is 3.56. The first-order chi connectivity index (χ1) is 7.11. The molecule has 0 spiro atoms. The lowest BCUT2D eigenvalue weighted by Crippen LogP contribution is -2.00. The van der Waals surface area contributed by atoms with Crippen LogP contribution in [-0.2, 0) is 12.8 Å². The van der Waals surface area contributed by atoms with Gasteiger partial charge in [-0.3, -0.25) is 10.1 Å². The Balaban J connectivity index is 2.63. The zero-order chi connectivity index (χ0) is 11.0. The lowest BCUT2D eigenvalue weighted by Gasteiger charge is -2.09. The van der Waals surface area contributed by atoms with Crippen LogP contribution in [0.4, 0.5) is 5.69 Å². The summed E-state index contributed by atoms with van der Waals surface area (Å²) in [5.74, 6) is 0. The second-order valence-corrected chi connectivity index (χ2v) is 4.64. The van der Waals surface area contributed by atoms with Crippen molar-refractivity contribution in [2.75, 3.05) is 0 Å². The maximum Gasteiger partial charge on any atom is 0.275 e. The summed E-state index contributed by atoms with van der Waals surface area (Å²) >= 11 is 11.6. The van der Waals surface area contributed by atoms with E-state index < -0.39 is 9.76 Å². The van der Waals surface area contributed by atoms with Crippen LogP contribution in [0.3, 0.4) is 0 Å². The zero-order valence-electron chi connectivity index (χ0n) is 7.87. The fourth-order valence-corrected chi connectivity index (χ4v) is 2.57. The highest BCUT2D eigenvalue weighted by molar-refractivity contribution is 6.44. The van der Waals surface area contributed by atoms with Crippen molar-refractivity contribution >= 4 is 28.9 Å². The van der Waals surface area contributed by atoms with Crippen LogP contribution < -0.4 is 0 Å². The summed E-state index contributed by atoms with van der Waals surface area (Å²) in [6, 6.07) is 3.30. The van der Waals surface area contributed by atoms with Gasteiger partial charge in [0, 0.05) is 6.07 Å². The average molecular weight is 246 g/mol. The fraction of sp³-hybridized carbons (Fsp3) is 0.400. The summed E-state index contributed by atoms with van der Waals surface area (Å²) in [5.41, 5.74) is 2.63.